The molecule has 4 nitrogen and oxygen atoms in total. The van der Waals surface area contributed by atoms with Crippen molar-refractivity contribution in [3.63, 3.8) is 0 Å². The van der Waals surface area contributed by atoms with Crippen LogP contribution in [0.1, 0.15) is 46.7 Å². The van der Waals surface area contributed by atoms with E-state index in [9.17, 15) is 4.79 Å². The topological polar surface area (TPSA) is 38.8 Å². The Bertz CT molecular complexity index is 1400. The molecule has 1 saturated heterocycles. The van der Waals surface area contributed by atoms with Crippen LogP contribution in [0.5, 0.6) is 11.5 Å². The van der Waals surface area contributed by atoms with Gasteiger partial charge in [-0.1, -0.05) is 66.6 Å². The summed E-state index contributed by atoms with van der Waals surface area (Å²) in [6, 6.07) is 12.4. The summed E-state index contributed by atoms with van der Waals surface area (Å²) in [4.78, 5) is 15.4. The molecule has 4 heteroatoms. The first kappa shape index (κ1) is 17.1. The molecule has 5 rings (SSSR count). The van der Waals surface area contributed by atoms with Crippen LogP contribution in [0.15, 0.2) is 84.3 Å². The van der Waals surface area contributed by atoms with Gasteiger partial charge in [-0.2, -0.15) is 0 Å². The second-order valence-corrected chi connectivity index (χ2v) is 8.85. The Kier molecular flexibility index (Phi) is 5.17. The molecule has 1 fully saturated rings. The van der Waals surface area contributed by atoms with Crippen LogP contribution in [-0.2, 0) is 19.6 Å². The molecule has 0 saturated carbocycles. The third kappa shape index (κ3) is 5.07. The Morgan fingerprint density at radius 2 is 1.79 bits per heavy atom. The van der Waals surface area contributed by atoms with Crippen molar-refractivity contribution in [3.8, 4) is 11.5 Å². The van der Waals surface area contributed by atoms with Crippen molar-refractivity contribution in [1.29, 1.82) is 0 Å². The molecular weight excluding hydrogens is 422 g/mol. The number of ether oxygens (including phenoxy) is 2. The lowest BCUT2D eigenvalue weighted by molar-refractivity contribution is 0.103. The molecule has 34 heavy (non-hydrogen) atoms. The van der Waals surface area contributed by atoms with Crippen LogP contribution in [0.2, 0.25) is 0 Å². The molecule has 0 aromatic heterocycles. The van der Waals surface area contributed by atoms with E-state index in [1.165, 1.54) is 0 Å². The molecule has 1 aliphatic heterocycles. The highest BCUT2D eigenvalue weighted by atomic mass is 16.5. The quantitative estimate of drug-likeness (QED) is 0.416. The number of piperidine rings is 1. The Hall–Kier alpha value is -3.37. The lowest BCUT2D eigenvalue weighted by Gasteiger charge is -2.30. The van der Waals surface area contributed by atoms with Crippen molar-refractivity contribution < 1.29 is 21.1 Å². The van der Waals surface area contributed by atoms with Gasteiger partial charge in [-0.25, -0.2) is 0 Å². The Labute approximate surface area is 208 Å². The summed E-state index contributed by atoms with van der Waals surface area (Å²) >= 11 is 0. The number of Topliss-reactive ketones (excluding diaryl/α,β-unsaturated/α-hetero) is 1. The molecule has 3 aromatic rings. The Balaban J connectivity index is 1.24. The molecule has 1 heterocycles. The minimum atomic E-state index is -0.367. The standard InChI is InChI=1S/C30H31NO3/c1-33-28-19-27-25(18-29(28)34-21-24-10-6-3-7-11-24)17-26(30(27)32)16-22-12-14-31(15-13-22)20-23-8-4-2-5-9-23/h2-11,16,18-19,22H,12-15,17,20-21H2,1H3/i2D,4D,5D,8D,9D. The number of hydrogen-bond acceptors (Lipinski definition) is 4. The molecule has 1 aliphatic carbocycles. The maximum Gasteiger partial charge on any atom is 0.189 e. The first-order valence-corrected chi connectivity index (χ1v) is 11.7. The first-order valence-electron chi connectivity index (χ1n) is 14.2. The fraction of sp³-hybridized carbons (Fsp3) is 0.300. The first-order chi connectivity index (χ1) is 18.8. The van der Waals surface area contributed by atoms with Gasteiger partial charge in [-0.3, -0.25) is 9.69 Å². The van der Waals surface area contributed by atoms with E-state index in [0.29, 0.717) is 42.2 Å². The molecule has 0 N–H and O–H groups in total. The summed E-state index contributed by atoms with van der Waals surface area (Å²) in [5.41, 5.74) is 3.77. The molecule has 174 valence electrons. The van der Waals surface area contributed by atoms with E-state index in [4.69, 9.17) is 16.3 Å². The second kappa shape index (κ2) is 10.3. The maximum atomic E-state index is 13.2. The highest BCUT2D eigenvalue weighted by Crippen LogP contribution is 2.38. The van der Waals surface area contributed by atoms with Crippen LogP contribution in [0.4, 0.5) is 0 Å². The van der Waals surface area contributed by atoms with Gasteiger partial charge in [0.15, 0.2) is 17.3 Å². The van der Waals surface area contributed by atoms with Crippen molar-refractivity contribution in [2.75, 3.05) is 20.2 Å². The van der Waals surface area contributed by atoms with Crippen LogP contribution in [0, 0.1) is 5.92 Å². The van der Waals surface area contributed by atoms with E-state index in [1.807, 2.05) is 36.4 Å². The fourth-order valence-corrected chi connectivity index (χ4v) is 4.70. The zero-order chi connectivity index (χ0) is 27.7. The van der Waals surface area contributed by atoms with Gasteiger partial charge in [0.05, 0.1) is 14.0 Å². The van der Waals surface area contributed by atoms with Crippen LogP contribution >= 0.6 is 0 Å². The summed E-state index contributed by atoms with van der Waals surface area (Å²) in [5.74, 6) is 1.43. The van der Waals surface area contributed by atoms with Gasteiger partial charge >= 0.3 is 0 Å². The molecule has 0 bridgehead atoms. The van der Waals surface area contributed by atoms with E-state index in [1.54, 1.807) is 13.2 Å². The van der Waals surface area contributed by atoms with E-state index in [2.05, 4.69) is 11.0 Å². The van der Waals surface area contributed by atoms with Gasteiger partial charge in [0.25, 0.3) is 0 Å². The van der Waals surface area contributed by atoms with Crippen LogP contribution in [0.25, 0.3) is 0 Å². The van der Waals surface area contributed by atoms with Gasteiger partial charge in [-0.05, 0) is 60.7 Å². The highest BCUT2D eigenvalue weighted by molar-refractivity contribution is 6.13. The Morgan fingerprint density at radius 3 is 2.53 bits per heavy atom. The number of carbonyl (C=O) groups excluding carboxylic acids is 1. The monoisotopic (exact) mass is 458 g/mol. The number of hydrogen-bond donors (Lipinski definition) is 0. The minimum absolute atomic E-state index is 0.0273. The van der Waals surface area contributed by atoms with Crippen molar-refractivity contribution in [2.45, 2.75) is 32.4 Å². The predicted octanol–water partition coefficient (Wildman–Crippen LogP) is 5.85. The molecule has 0 radical (unpaired) electrons. The number of likely N-dealkylation sites (tertiary alicyclic amines) is 1. The van der Waals surface area contributed by atoms with Crippen LogP contribution < -0.4 is 9.47 Å². The van der Waals surface area contributed by atoms with Gasteiger partial charge in [0.1, 0.15) is 6.61 Å². The summed E-state index contributed by atoms with van der Waals surface area (Å²) in [6.07, 6.45) is 4.32. The number of nitrogens with zero attached hydrogens (tertiary/aromatic N) is 1. The van der Waals surface area contributed by atoms with Crippen molar-refractivity contribution in [1.82, 2.24) is 4.90 Å². The largest absolute Gasteiger partial charge is 0.493 e. The number of allylic oxidation sites excluding steroid dienone is 2. The van der Waals surface area contributed by atoms with Gasteiger partial charge in [0.2, 0.25) is 0 Å². The van der Waals surface area contributed by atoms with Crippen LogP contribution in [0.3, 0.4) is 0 Å². The zero-order valence-electron chi connectivity index (χ0n) is 24.3. The Morgan fingerprint density at radius 1 is 1.03 bits per heavy atom. The lowest BCUT2D eigenvalue weighted by Crippen LogP contribution is -2.32. The predicted molar refractivity (Wildman–Crippen MR) is 134 cm³/mol. The fourth-order valence-electron chi connectivity index (χ4n) is 4.70. The van der Waals surface area contributed by atoms with Crippen molar-refractivity contribution in [2.24, 2.45) is 5.92 Å². The van der Waals surface area contributed by atoms with Crippen molar-refractivity contribution >= 4 is 5.78 Å². The molecule has 0 spiro atoms. The normalized spacial score (nSPS) is 19.7. The van der Waals surface area contributed by atoms with Crippen LogP contribution in [-0.4, -0.2) is 30.9 Å². The third-order valence-electron chi connectivity index (χ3n) is 6.55. The molecule has 0 atom stereocenters. The zero-order valence-corrected chi connectivity index (χ0v) is 19.3. The van der Waals surface area contributed by atoms with E-state index in [0.717, 1.165) is 42.6 Å². The van der Waals surface area contributed by atoms with Gasteiger partial charge in [-0.15, -0.1) is 0 Å². The number of fused-ring (bicyclic) bond motifs is 1. The second-order valence-electron chi connectivity index (χ2n) is 8.85. The molecule has 0 unspecified atom stereocenters. The third-order valence-corrected chi connectivity index (χ3v) is 6.55. The van der Waals surface area contributed by atoms with E-state index < -0.39 is 0 Å². The lowest BCUT2D eigenvalue weighted by atomic mass is 9.93. The molecule has 0 amide bonds. The summed E-state index contributed by atoms with van der Waals surface area (Å²) in [5, 5.41) is 0. The number of ketones is 1. The molecule has 2 aliphatic rings. The number of methoxy groups -OCH3 is 1. The van der Waals surface area contributed by atoms with E-state index >= 15 is 0 Å². The average molecular weight is 459 g/mol. The highest BCUT2D eigenvalue weighted by Gasteiger charge is 2.29. The summed E-state index contributed by atoms with van der Waals surface area (Å²) < 4.78 is 51.5. The number of rotatable bonds is 7. The summed E-state index contributed by atoms with van der Waals surface area (Å²) in [6.45, 7) is 2.18. The maximum absolute atomic E-state index is 13.2. The molecule has 3 aromatic carbocycles. The van der Waals surface area contributed by atoms with Crippen molar-refractivity contribution in [3.05, 3.63) is 107 Å². The minimum Gasteiger partial charge on any atom is -0.493 e. The number of carbonyl (C=O) groups is 1. The number of benzene rings is 3. The summed E-state index contributed by atoms with van der Waals surface area (Å²) in [7, 11) is 1.57. The van der Waals surface area contributed by atoms with Gasteiger partial charge < -0.3 is 9.47 Å². The average Bonchev–Trinajstić information content (AvgIpc) is 3.26. The molecular formula is C30H31NO3. The van der Waals surface area contributed by atoms with Gasteiger partial charge in [0, 0.05) is 24.1 Å². The SMILES string of the molecule is [2H]c1c([2H])c([2H])c(CN2CCC(C=C3Cc4cc(OCc5ccccc5)c(OC)cc4C3=O)CC2)c([2H])c1[2H]. The van der Waals surface area contributed by atoms with E-state index in [-0.39, 0.29) is 41.9 Å². The smallest absolute Gasteiger partial charge is 0.189 e.